The molecule has 0 N–H and O–H groups in total. The summed E-state index contributed by atoms with van der Waals surface area (Å²) in [4.78, 5) is 2.51. The molecule has 11 rings (SSSR count). The standard InChI is InChI=1S/C50H34N2/c1-2-18-42-41(17-1)49(33-25-29-35(30-26-33)51-45-21-9-5-13-37(45)38-14-6-10-22-46(38)51)43-19-3-4-20-44(43)50(42)34-27-31-36(32-28-34)52-47-23-11-7-15-39(47)40-16-8-12-24-48(40)52/h1-32,37,45H. The van der Waals surface area contributed by atoms with Crippen molar-refractivity contribution in [2.75, 3.05) is 4.90 Å². The van der Waals surface area contributed by atoms with E-state index >= 15 is 0 Å². The maximum absolute atomic E-state index is 2.51. The summed E-state index contributed by atoms with van der Waals surface area (Å²) in [5, 5.41) is 7.62. The number of aromatic nitrogens is 1. The van der Waals surface area contributed by atoms with Crippen LogP contribution in [0.4, 0.5) is 11.4 Å². The minimum atomic E-state index is 0.288. The van der Waals surface area contributed by atoms with Crippen LogP contribution in [0.1, 0.15) is 11.5 Å². The van der Waals surface area contributed by atoms with Crippen LogP contribution in [0.25, 0.3) is 71.3 Å². The highest BCUT2D eigenvalue weighted by Gasteiger charge is 2.37. The number of benzene rings is 8. The van der Waals surface area contributed by atoms with Crippen LogP contribution in [0.5, 0.6) is 0 Å². The van der Waals surface area contributed by atoms with E-state index < -0.39 is 0 Å². The fourth-order valence-electron chi connectivity index (χ4n) is 9.11. The first-order chi connectivity index (χ1) is 25.8. The molecule has 0 saturated carbocycles. The summed E-state index contributed by atoms with van der Waals surface area (Å²) in [5.41, 5.74) is 12.5. The minimum Gasteiger partial charge on any atom is -0.333 e. The molecule has 1 aromatic heterocycles. The zero-order chi connectivity index (χ0) is 34.2. The van der Waals surface area contributed by atoms with Gasteiger partial charge in [-0.3, -0.25) is 0 Å². The van der Waals surface area contributed by atoms with Crippen molar-refractivity contribution < 1.29 is 0 Å². The van der Waals surface area contributed by atoms with Crippen molar-refractivity contribution in [3.63, 3.8) is 0 Å². The highest BCUT2D eigenvalue weighted by atomic mass is 15.2. The molecule has 0 radical (unpaired) electrons. The van der Waals surface area contributed by atoms with Gasteiger partial charge in [0.25, 0.3) is 0 Å². The number of allylic oxidation sites excluding steroid dienone is 2. The number of hydrogen-bond donors (Lipinski definition) is 0. The third-order valence-electron chi connectivity index (χ3n) is 11.3. The van der Waals surface area contributed by atoms with E-state index in [2.05, 4.69) is 204 Å². The normalized spacial score (nSPS) is 16.3. The van der Waals surface area contributed by atoms with Crippen LogP contribution in [-0.4, -0.2) is 10.6 Å². The van der Waals surface area contributed by atoms with Crippen LogP contribution >= 0.6 is 0 Å². The summed E-state index contributed by atoms with van der Waals surface area (Å²) in [6.45, 7) is 0. The second-order valence-corrected chi connectivity index (χ2v) is 14.0. The van der Waals surface area contributed by atoms with Crippen molar-refractivity contribution in [3.8, 4) is 27.9 Å². The third kappa shape index (κ3) is 4.25. The van der Waals surface area contributed by atoms with Gasteiger partial charge in [0.15, 0.2) is 0 Å². The van der Waals surface area contributed by atoms with Gasteiger partial charge in [-0.05, 0) is 91.8 Å². The lowest BCUT2D eigenvalue weighted by molar-refractivity contribution is 0.745. The number of anilines is 2. The van der Waals surface area contributed by atoms with Gasteiger partial charge in [0.05, 0.1) is 17.1 Å². The van der Waals surface area contributed by atoms with Gasteiger partial charge < -0.3 is 9.47 Å². The van der Waals surface area contributed by atoms with E-state index in [1.807, 2.05) is 0 Å². The average molecular weight is 663 g/mol. The average Bonchev–Trinajstić information content (AvgIpc) is 3.73. The van der Waals surface area contributed by atoms with Gasteiger partial charge in [-0.25, -0.2) is 0 Å². The van der Waals surface area contributed by atoms with Crippen LogP contribution in [0.2, 0.25) is 0 Å². The lowest BCUT2D eigenvalue weighted by Gasteiger charge is -2.29. The van der Waals surface area contributed by atoms with Crippen molar-refractivity contribution in [1.82, 2.24) is 4.57 Å². The molecule has 244 valence electrons. The summed E-state index contributed by atoms with van der Waals surface area (Å²) in [5.74, 6) is 0.373. The molecule has 2 atom stereocenters. The predicted molar refractivity (Wildman–Crippen MR) is 220 cm³/mol. The highest BCUT2D eigenvalue weighted by molar-refractivity contribution is 6.21. The van der Waals surface area contributed by atoms with Crippen molar-refractivity contribution in [3.05, 3.63) is 200 Å². The molecule has 2 nitrogen and oxygen atoms in total. The Kier molecular flexibility index (Phi) is 6.41. The Morgan fingerprint density at radius 3 is 1.37 bits per heavy atom. The van der Waals surface area contributed by atoms with Gasteiger partial charge in [0.2, 0.25) is 0 Å². The molecule has 2 heterocycles. The molecule has 9 aromatic rings. The van der Waals surface area contributed by atoms with Gasteiger partial charge in [-0.1, -0.05) is 152 Å². The highest BCUT2D eigenvalue weighted by Crippen LogP contribution is 2.49. The number of rotatable bonds is 4. The van der Waals surface area contributed by atoms with Gasteiger partial charge in [-0.2, -0.15) is 0 Å². The van der Waals surface area contributed by atoms with Gasteiger partial charge in [0, 0.05) is 33.8 Å². The Hall–Kier alpha value is -6.64. The van der Waals surface area contributed by atoms with E-state index in [-0.39, 0.29) is 6.04 Å². The van der Waals surface area contributed by atoms with Crippen LogP contribution in [0.15, 0.2) is 194 Å². The number of nitrogens with zero attached hydrogens (tertiary/aromatic N) is 2. The van der Waals surface area contributed by atoms with E-state index in [4.69, 9.17) is 0 Å². The van der Waals surface area contributed by atoms with Crippen molar-refractivity contribution in [2.45, 2.75) is 12.0 Å². The second kappa shape index (κ2) is 11.4. The Balaban J connectivity index is 1.04. The molecule has 1 aliphatic heterocycles. The summed E-state index contributed by atoms with van der Waals surface area (Å²) in [6, 6.07) is 62.9. The first-order valence-electron chi connectivity index (χ1n) is 18.2. The van der Waals surface area contributed by atoms with Gasteiger partial charge in [0.1, 0.15) is 0 Å². The SMILES string of the molecule is C1=CC2c3ccccc3N(c3ccc(-c4c5ccccc5c(-c5ccc(-n6c7ccccc7c7ccccc76)cc5)c5ccccc45)cc3)C2C=C1. The quantitative estimate of drug-likeness (QED) is 0.170. The summed E-state index contributed by atoms with van der Waals surface area (Å²) in [6.07, 6.45) is 9.06. The first-order valence-corrected chi connectivity index (χ1v) is 18.2. The first kappa shape index (κ1) is 29.1. The Morgan fingerprint density at radius 2 is 0.808 bits per heavy atom. The second-order valence-electron chi connectivity index (χ2n) is 14.0. The predicted octanol–water partition coefficient (Wildman–Crippen LogP) is 13.2. The van der Waals surface area contributed by atoms with Crippen molar-refractivity contribution in [1.29, 1.82) is 0 Å². The number of para-hydroxylation sites is 3. The minimum absolute atomic E-state index is 0.288. The maximum atomic E-state index is 2.51. The molecule has 1 aliphatic carbocycles. The van der Waals surface area contributed by atoms with E-state index in [0.717, 1.165) is 5.69 Å². The molecule has 0 saturated heterocycles. The molecule has 0 amide bonds. The molecule has 0 fully saturated rings. The van der Waals surface area contributed by atoms with Crippen LogP contribution in [0, 0.1) is 0 Å². The fourth-order valence-corrected chi connectivity index (χ4v) is 9.11. The molecule has 0 bridgehead atoms. The lowest BCUT2D eigenvalue weighted by atomic mass is 9.86. The van der Waals surface area contributed by atoms with Crippen molar-refractivity contribution >= 4 is 54.7 Å². The topological polar surface area (TPSA) is 8.17 Å². The van der Waals surface area contributed by atoms with Crippen molar-refractivity contribution in [2.24, 2.45) is 0 Å². The summed E-state index contributed by atoms with van der Waals surface area (Å²) >= 11 is 0. The van der Waals surface area contributed by atoms with Gasteiger partial charge in [-0.15, -0.1) is 0 Å². The summed E-state index contributed by atoms with van der Waals surface area (Å²) in [7, 11) is 0. The Morgan fingerprint density at radius 1 is 0.365 bits per heavy atom. The molecule has 2 unspecified atom stereocenters. The molecule has 2 aliphatic rings. The smallest absolute Gasteiger partial charge is 0.0629 e. The largest absolute Gasteiger partial charge is 0.333 e. The fraction of sp³-hybridized carbons (Fsp3) is 0.0400. The maximum Gasteiger partial charge on any atom is 0.0629 e. The molecule has 2 heteroatoms. The molecule has 8 aromatic carbocycles. The zero-order valence-corrected chi connectivity index (χ0v) is 28.5. The molecule has 0 spiro atoms. The molecular weight excluding hydrogens is 629 g/mol. The van der Waals surface area contributed by atoms with E-state index in [1.165, 1.54) is 82.5 Å². The summed E-state index contributed by atoms with van der Waals surface area (Å²) < 4.78 is 2.39. The number of fused-ring (bicyclic) bond motifs is 8. The Bertz CT molecular complexity index is 2800. The van der Waals surface area contributed by atoms with Gasteiger partial charge >= 0.3 is 0 Å². The molecular formula is C50H34N2. The molecule has 52 heavy (non-hydrogen) atoms. The number of hydrogen-bond acceptors (Lipinski definition) is 1. The van der Waals surface area contributed by atoms with Crippen LogP contribution in [-0.2, 0) is 0 Å². The zero-order valence-electron chi connectivity index (χ0n) is 28.5. The monoisotopic (exact) mass is 662 g/mol. The Labute approximate surface area is 302 Å². The van der Waals surface area contributed by atoms with E-state index in [0.29, 0.717) is 5.92 Å². The van der Waals surface area contributed by atoms with Crippen LogP contribution < -0.4 is 4.90 Å². The van der Waals surface area contributed by atoms with Crippen LogP contribution in [0.3, 0.4) is 0 Å². The third-order valence-corrected chi connectivity index (χ3v) is 11.3. The lowest BCUT2D eigenvalue weighted by Crippen LogP contribution is -2.28. The van der Waals surface area contributed by atoms with E-state index in [9.17, 15) is 0 Å². The van der Waals surface area contributed by atoms with E-state index in [1.54, 1.807) is 0 Å².